The van der Waals surface area contributed by atoms with Crippen molar-refractivity contribution in [3.05, 3.63) is 171 Å². The van der Waals surface area contributed by atoms with Gasteiger partial charge in [0.2, 0.25) is 17.8 Å². The van der Waals surface area contributed by atoms with Gasteiger partial charge >= 0.3 is 5.69 Å². The highest BCUT2D eigenvalue weighted by Crippen LogP contribution is 2.47. The zero-order valence-corrected chi connectivity index (χ0v) is 51.6. The number of fused-ring (bicyclic) bond motifs is 1. The first kappa shape index (κ1) is 65.1. The van der Waals surface area contributed by atoms with Gasteiger partial charge in [0.05, 0.1) is 58.0 Å². The van der Waals surface area contributed by atoms with Gasteiger partial charge in [-0.15, -0.1) is 0 Å². The first-order chi connectivity index (χ1) is 42.8. The molecule has 3 aromatic heterocycles. The van der Waals surface area contributed by atoms with Gasteiger partial charge in [0.15, 0.2) is 29.8 Å². The molecule has 9 rings (SSSR count). The molecule has 2 unspecified atom stereocenters. The molecule has 2 aliphatic heterocycles. The molecule has 10 atom stereocenters. The summed E-state index contributed by atoms with van der Waals surface area (Å²) < 4.78 is 65.9. The molecule has 0 radical (unpaired) electrons. The lowest BCUT2D eigenvalue weighted by Crippen LogP contribution is -2.43. The molecular weight excluding hydrogens is 1170 g/mol. The van der Waals surface area contributed by atoms with Crippen molar-refractivity contribution in [1.82, 2.24) is 39.1 Å². The van der Waals surface area contributed by atoms with Crippen LogP contribution < -0.4 is 36.7 Å². The van der Waals surface area contributed by atoms with Crippen molar-refractivity contribution >= 4 is 49.2 Å². The van der Waals surface area contributed by atoms with E-state index in [2.05, 4.69) is 42.0 Å². The lowest BCUT2D eigenvalue weighted by molar-refractivity contribution is -0.125. The number of alkyl halides is 1. The fraction of sp³-hybridized carbons (Fsp3) is 0.413. The Balaban J connectivity index is 1.05. The number of ether oxygens (including phenoxy) is 6. The number of nitriles is 1. The van der Waals surface area contributed by atoms with Crippen LogP contribution in [0.15, 0.2) is 137 Å². The average Bonchev–Trinajstić information content (AvgIpc) is 1.94. The van der Waals surface area contributed by atoms with E-state index in [0.717, 1.165) is 4.57 Å². The molecule has 5 heterocycles. The largest absolute Gasteiger partial charge is 0.497 e. The fourth-order valence-electron chi connectivity index (χ4n) is 11.4. The molecule has 5 N–H and O–H groups in total. The van der Waals surface area contributed by atoms with Crippen molar-refractivity contribution in [2.75, 3.05) is 51.7 Å². The van der Waals surface area contributed by atoms with E-state index in [4.69, 9.17) is 32.9 Å². The highest BCUT2D eigenvalue weighted by Gasteiger charge is 2.52. The van der Waals surface area contributed by atoms with Crippen LogP contribution in [0.2, 0.25) is 0 Å². The van der Waals surface area contributed by atoms with Crippen LogP contribution >= 0.6 is 8.53 Å². The van der Waals surface area contributed by atoms with Gasteiger partial charge in [0, 0.05) is 61.7 Å². The third-order valence-electron chi connectivity index (χ3n) is 15.8. The van der Waals surface area contributed by atoms with Crippen molar-refractivity contribution in [3.8, 4) is 17.6 Å². The van der Waals surface area contributed by atoms with E-state index >= 15 is 4.39 Å². The average molecular weight is 1240 g/mol. The summed E-state index contributed by atoms with van der Waals surface area (Å²) in [5.74, 6) is -4.49. The fourth-order valence-corrected chi connectivity index (χ4v) is 12.6. The molecule has 24 nitrogen and oxygen atoms in total. The van der Waals surface area contributed by atoms with Gasteiger partial charge in [-0.1, -0.05) is 86.6 Å². The number of nitrogens with one attached hydrogen (secondary N) is 4. The number of hydrogen-bond acceptors (Lipinski definition) is 18. The Morgan fingerprint density at radius 1 is 0.809 bits per heavy atom. The van der Waals surface area contributed by atoms with E-state index in [9.17, 15) is 34.1 Å². The SMILES string of the molecule is COc1ccc(C(OC[C@H]2O[C@@H](n3ccc(NC(=O)c4ccccc4)nc3=O)[C@H](F)[C@@H]2CC(=O)NC[C@@H]2O[C@@H](n3cnc4c(=O)[nH]c(NC(=O)C(C)C)nc43)[C@H](OC)[C@@H]2C(C#N)COP(O)N(C(C)C)C(C)C)(c2ccccc2)c2ccc(OC)cc2)cc1. The van der Waals surface area contributed by atoms with Crippen molar-refractivity contribution in [2.24, 2.45) is 23.7 Å². The number of nitrogens with zero attached hydrogens (tertiary/aromatic N) is 7. The number of imidazole rings is 1. The van der Waals surface area contributed by atoms with Gasteiger partial charge in [-0.25, -0.2) is 18.8 Å². The number of rotatable bonds is 26. The summed E-state index contributed by atoms with van der Waals surface area (Å²) in [5, 5.41) is 19.1. The first-order valence-electron chi connectivity index (χ1n) is 29.1. The number of aromatic nitrogens is 6. The standard InChI is InChI=1S/C63H73FN11O13P/c1-36(2)56(77)71-61-70-55-53(58(79)72-61)67-35-74(55)60-54(84-9)51(40(31-65)33-86-89(81)75(37(3)4)38(5)6)47(87-60)32-66-50(76)30-46-48(88-59(52(46)64)73-29-28-49(69-62(73)80)68-57(78)39-16-12-10-13-17-39)34-85-63(41-18-14-11-15-19-41,42-20-24-44(82-7)25-21-42)43-22-26-45(83-8)27-23-43/h10-29,35-38,40,46-48,51-52,54,59-60,81H,30,32-34H2,1-9H3,(H,66,76)(H,68,69,78,80)(H2,70,71,72,77,79)/t40?,46-,47+,48-,51-,52-,54-,59-,60-,89?/m1/s1. The van der Waals surface area contributed by atoms with E-state index in [0.29, 0.717) is 33.8 Å². The Morgan fingerprint density at radius 2 is 1.42 bits per heavy atom. The van der Waals surface area contributed by atoms with Crippen molar-refractivity contribution < 1.29 is 56.6 Å². The van der Waals surface area contributed by atoms with Crippen LogP contribution in [0, 0.1) is 35.0 Å². The summed E-state index contributed by atoms with van der Waals surface area (Å²) in [6, 6.07) is 35.7. The van der Waals surface area contributed by atoms with Gasteiger partial charge in [0.1, 0.15) is 29.0 Å². The van der Waals surface area contributed by atoms with Crippen molar-refractivity contribution in [1.29, 1.82) is 5.26 Å². The number of halogens is 1. The summed E-state index contributed by atoms with van der Waals surface area (Å²) >= 11 is 0. The Kier molecular flexibility index (Phi) is 21.1. The molecule has 0 bridgehead atoms. The minimum atomic E-state index is -2.20. The predicted molar refractivity (Wildman–Crippen MR) is 327 cm³/mol. The van der Waals surface area contributed by atoms with E-state index < -0.39 is 110 Å². The molecule has 3 amide bonds. The molecule has 0 aliphatic carbocycles. The molecule has 89 heavy (non-hydrogen) atoms. The maximum Gasteiger partial charge on any atom is 0.351 e. The predicted octanol–water partition coefficient (Wildman–Crippen LogP) is 7.63. The third-order valence-corrected chi connectivity index (χ3v) is 17.5. The van der Waals surface area contributed by atoms with Gasteiger partial charge < -0.3 is 48.5 Å². The Labute approximate surface area is 514 Å². The second-order valence-corrected chi connectivity index (χ2v) is 23.6. The molecular formula is C63H73FN11O13P. The number of carbonyl (C=O) groups excluding carboxylic acids is 3. The number of methoxy groups -OCH3 is 3. The molecule has 26 heteroatoms. The zero-order valence-electron chi connectivity index (χ0n) is 50.7. The second-order valence-electron chi connectivity index (χ2n) is 22.4. The number of carbonyl (C=O) groups is 3. The summed E-state index contributed by atoms with van der Waals surface area (Å²) in [6.45, 7) is 10.0. The third kappa shape index (κ3) is 14.3. The Hall–Kier alpha value is -8.31. The minimum absolute atomic E-state index is 0.00520. The molecule has 2 saturated heterocycles. The summed E-state index contributed by atoms with van der Waals surface area (Å²) in [5.41, 5.74) is -0.826. The summed E-state index contributed by atoms with van der Waals surface area (Å²) in [4.78, 5) is 94.9. The maximum atomic E-state index is 17.9. The van der Waals surface area contributed by atoms with Crippen LogP contribution in [-0.4, -0.2) is 134 Å². The lowest BCUT2D eigenvalue weighted by atomic mass is 9.80. The molecule has 2 aliphatic rings. The number of amides is 3. The summed E-state index contributed by atoms with van der Waals surface area (Å²) in [7, 11) is 2.31. The highest BCUT2D eigenvalue weighted by atomic mass is 31.2. The Bertz CT molecular complexity index is 3670. The number of anilines is 2. The van der Waals surface area contributed by atoms with Gasteiger partial charge in [-0.05, 0) is 86.8 Å². The second kappa shape index (κ2) is 28.9. The molecule has 4 aromatic carbocycles. The molecule has 470 valence electrons. The van der Waals surface area contributed by atoms with E-state index in [1.54, 1.807) is 87.3 Å². The van der Waals surface area contributed by atoms with Crippen LogP contribution in [0.4, 0.5) is 16.2 Å². The monoisotopic (exact) mass is 1240 g/mol. The number of H-pyrrole nitrogens is 1. The maximum absolute atomic E-state index is 17.9. The van der Waals surface area contributed by atoms with Crippen LogP contribution in [0.1, 0.15) is 87.5 Å². The molecule has 7 aromatic rings. The van der Waals surface area contributed by atoms with Crippen LogP contribution in [0.25, 0.3) is 11.2 Å². The Morgan fingerprint density at radius 3 is 1.99 bits per heavy atom. The lowest BCUT2D eigenvalue weighted by Gasteiger charge is -2.37. The topological polar surface area (TPSA) is 298 Å². The number of hydrogen-bond donors (Lipinski definition) is 5. The van der Waals surface area contributed by atoms with Crippen LogP contribution in [0.5, 0.6) is 11.5 Å². The van der Waals surface area contributed by atoms with Crippen LogP contribution in [-0.2, 0) is 38.7 Å². The summed E-state index contributed by atoms with van der Waals surface area (Å²) in [6.07, 6.45) is -6.19. The quantitative estimate of drug-likeness (QED) is 0.0257. The zero-order chi connectivity index (χ0) is 63.7. The molecule has 0 spiro atoms. The van der Waals surface area contributed by atoms with Crippen molar-refractivity contribution in [2.45, 2.75) is 103 Å². The normalized spacial score (nSPS) is 20.8. The van der Waals surface area contributed by atoms with E-state index in [-0.39, 0.29) is 54.8 Å². The van der Waals surface area contributed by atoms with Crippen LogP contribution in [0.3, 0.4) is 0 Å². The number of benzene rings is 4. The van der Waals surface area contributed by atoms with E-state index in [1.165, 1.54) is 30.3 Å². The van der Waals surface area contributed by atoms with E-state index in [1.807, 2.05) is 82.3 Å². The molecule has 2 fully saturated rings. The smallest absolute Gasteiger partial charge is 0.351 e. The van der Waals surface area contributed by atoms with Gasteiger partial charge in [0.25, 0.3) is 20.0 Å². The van der Waals surface area contributed by atoms with Gasteiger partial charge in [-0.2, -0.15) is 15.2 Å². The first-order valence-corrected chi connectivity index (χ1v) is 30.2. The highest BCUT2D eigenvalue weighted by molar-refractivity contribution is 7.43. The van der Waals surface area contributed by atoms with Crippen molar-refractivity contribution in [3.63, 3.8) is 0 Å². The molecule has 0 saturated carbocycles. The number of aromatic amines is 1. The minimum Gasteiger partial charge on any atom is -0.497 e. The van der Waals surface area contributed by atoms with Gasteiger partial charge in [-0.3, -0.25) is 38.6 Å².